The molecule has 0 saturated heterocycles. The Morgan fingerprint density at radius 3 is 2.20 bits per heavy atom. The van der Waals surface area contributed by atoms with Gasteiger partial charge in [-0.2, -0.15) is 0 Å². The van der Waals surface area contributed by atoms with E-state index in [1.54, 1.807) is 36.4 Å². The van der Waals surface area contributed by atoms with Crippen LogP contribution in [-0.4, -0.2) is 34.6 Å². The fourth-order valence-electron chi connectivity index (χ4n) is 4.14. The Kier molecular flexibility index (Phi) is 5.35. The van der Waals surface area contributed by atoms with Gasteiger partial charge in [0.2, 0.25) is 5.91 Å². The molecular weight excluding hydrogens is 382 g/mol. The third kappa shape index (κ3) is 3.70. The Balaban J connectivity index is 1.46. The standard InChI is InChI=1S/C23H23N3O4/c24-20(27)15-8-6-14(7-9-15)13-25-21(28)16-10-11-18-19(12-16)23(30)26(22(18)29)17-4-2-1-3-5-17/h6-12,17H,1-5,13H2,(H2,24,27)(H,25,28). The van der Waals surface area contributed by atoms with Crippen LogP contribution in [-0.2, 0) is 6.54 Å². The van der Waals surface area contributed by atoms with Crippen LogP contribution in [0.2, 0.25) is 0 Å². The van der Waals surface area contributed by atoms with E-state index in [9.17, 15) is 19.2 Å². The summed E-state index contributed by atoms with van der Waals surface area (Å²) in [5, 5.41) is 2.79. The second-order valence-corrected chi connectivity index (χ2v) is 7.78. The Hall–Kier alpha value is -3.48. The Bertz CT molecular complexity index is 1020. The van der Waals surface area contributed by atoms with Gasteiger partial charge in [0.1, 0.15) is 0 Å². The zero-order chi connectivity index (χ0) is 21.3. The van der Waals surface area contributed by atoms with E-state index in [-0.39, 0.29) is 30.3 Å². The predicted molar refractivity (Wildman–Crippen MR) is 110 cm³/mol. The third-order valence-electron chi connectivity index (χ3n) is 5.81. The number of benzene rings is 2. The Labute approximate surface area is 174 Å². The van der Waals surface area contributed by atoms with Crippen molar-refractivity contribution in [3.05, 3.63) is 70.3 Å². The fourth-order valence-corrected chi connectivity index (χ4v) is 4.14. The number of carbonyl (C=O) groups is 4. The zero-order valence-corrected chi connectivity index (χ0v) is 16.5. The van der Waals surface area contributed by atoms with E-state index in [4.69, 9.17) is 5.73 Å². The molecule has 0 unspecified atom stereocenters. The molecule has 0 aromatic heterocycles. The molecule has 7 nitrogen and oxygen atoms in total. The lowest BCUT2D eigenvalue weighted by Gasteiger charge is -2.29. The summed E-state index contributed by atoms with van der Waals surface area (Å²) in [5.74, 6) is -1.42. The number of carbonyl (C=O) groups excluding carboxylic acids is 4. The van der Waals surface area contributed by atoms with Gasteiger partial charge in [-0.25, -0.2) is 0 Å². The van der Waals surface area contributed by atoms with Crippen LogP contribution in [0.1, 0.15) is 79.1 Å². The molecule has 0 atom stereocenters. The first-order chi connectivity index (χ1) is 14.5. The third-order valence-corrected chi connectivity index (χ3v) is 5.81. The molecule has 1 heterocycles. The Morgan fingerprint density at radius 1 is 0.900 bits per heavy atom. The highest BCUT2D eigenvalue weighted by Crippen LogP contribution is 2.31. The molecular formula is C23H23N3O4. The number of nitrogens with zero attached hydrogens (tertiary/aromatic N) is 1. The summed E-state index contributed by atoms with van der Waals surface area (Å²) in [7, 11) is 0. The highest BCUT2D eigenvalue weighted by atomic mass is 16.2. The molecule has 4 amide bonds. The van der Waals surface area contributed by atoms with Crippen LogP contribution in [0.4, 0.5) is 0 Å². The normalized spacial score (nSPS) is 16.5. The molecule has 3 N–H and O–H groups in total. The van der Waals surface area contributed by atoms with Gasteiger partial charge in [-0.05, 0) is 48.7 Å². The second-order valence-electron chi connectivity index (χ2n) is 7.78. The van der Waals surface area contributed by atoms with Gasteiger partial charge < -0.3 is 11.1 Å². The summed E-state index contributed by atoms with van der Waals surface area (Å²) >= 11 is 0. The molecule has 0 spiro atoms. The maximum atomic E-state index is 12.9. The number of rotatable bonds is 5. The average Bonchev–Trinajstić information content (AvgIpc) is 3.02. The first-order valence-corrected chi connectivity index (χ1v) is 10.1. The largest absolute Gasteiger partial charge is 0.366 e. The monoisotopic (exact) mass is 405 g/mol. The van der Waals surface area contributed by atoms with Crippen LogP contribution in [0.3, 0.4) is 0 Å². The number of nitrogens with one attached hydrogen (secondary N) is 1. The maximum absolute atomic E-state index is 12.9. The molecule has 7 heteroatoms. The number of primary amides is 1. The van der Waals surface area contributed by atoms with E-state index in [1.165, 1.54) is 11.0 Å². The highest BCUT2D eigenvalue weighted by Gasteiger charge is 2.40. The lowest BCUT2D eigenvalue weighted by molar-refractivity contribution is 0.0548. The summed E-state index contributed by atoms with van der Waals surface area (Å²) in [6.07, 6.45) is 4.86. The smallest absolute Gasteiger partial charge is 0.261 e. The summed E-state index contributed by atoms with van der Waals surface area (Å²) in [5.41, 5.74) is 7.42. The Morgan fingerprint density at radius 2 is 1.53 bits per heavy atom. The van der Waals surface area contributed by atoms with Gasteiger partial charge in [-0.15, -0.1) is 0 Å². The van der Waals surface area contributed by atoms with Crippen LogP contribution >= 0.6 is 0 Å². The van der Waals surface area contributed by atoms with E-state index in [0.29, 0.717) is 22.3 Å². The van der Waals surface area contributed by atoms with Crippen LogP contribution in [0.15, 0.2) is 42.5 Å². The summed E-state index contributed by atoms with van der Waals surface area (Å²) < 4.78 is 0. The van der Waals surface area contributed by atoms with Gasteiger partial charge in [-0.1, -0.05) is 31.4 Å². The molecule has 0 bridgehead atoms. The second kappa shape index (κ2) is 8.10. The first-order valence-electron chi connectivity index (χ1n) is 10.1. The predicted octanol–water partition coefficient (Wildman–Crippen LogP) is 2.64. The average molecular weight is 405 g/mol. The van der Waals surface area contributed by atoms with Gasteiger partial charge in [0.25, 0.3) is 17.7 Å². The van der Waals surface area contributed by atoms with E-state index in [2.05, 4.69) is 5.32 Å². The molecule has 1 aliphatic carbocycles. The first kappa shape index (κ1) is 19.8. The molecule has 2 aromatic rings. The van der Waals surface area contributed by atoms with E-state index < -0.39 is 5.91 Å². The number of imide groups is 1. The van der Waals surface area contributed by atoms with Crippen LogP contribution < -0.4 is 11.1 Å². The molecule has 4 rings (SSSR count). The van der Waals surface area contributed by atoms with Crippen molar-refractivity contribution in [1.29, 1.82) is 0 Å². The SMILES string of the molecule is NC(=O)c1ccc(CNC(=O)c2ccc3c(c2)C(=O)N(C2CCCCC2)C3=O)cc1. The molecule has 2 aliphatic rings. The number of hydrogen-bond donors (Lipinski definition) is 2. The van der Waals surface area contributed by atoms with Gasteiger partial charge in [0.05, 0.1) is 11.1 Å². The minimum atomic E-state index is -0.509. The molecule has 1 fully saturated rings. The van der Waals surface area contributed by atoms with Crippen molar-refractivity contribution in [2.75, 3.05) is 0 Å². The lowest BCUT2D eigenvalue weighted by Crippen LogP contribution is -2.40. The summed E-state index contributed by atoms with van der Waals surface area (Å²) in [4.78, 5) is 50.7. The fraction of sp³-hybridized carbons (Fsp3) is 0.304. The van der Waals surface area contributed by atoms with Crippen molar-refractivity contribution in [3.8, 4) is 0 Å². The summed E-state index contributed by atoms with van der Waals surface area (Å²) in [6, 6.07) is 11.2. The van der Waals surface area contributed by atoms with E-state index >= 15 is 0 Å². The van der Waals surface area contributed by atoms with Crippen molar-refractivity contribution in [2.24, 2.45) is 5.73 Å². The van der Waals surface area contributed by atoms with Crippen LogP contribution in [0.25, 0.3) is 0 Å². The van der Waals surface area contributed by atoms with E-state index in [1.807, 2.05) is 0 Å². The van der Waals surface area contributed by atoms with Gasteiger partial charge in [0.15, 0.2) is 0 Å². The summed E-state index contributed by atoms with van der Waals surface area (Å²) in [6.45, 7) is 0.260. The highest BCUT2D eigenvalue weighted by molar-refractivity contribution is 6.22. The number of nitrogens with two attached hydrogens (primary N) is 1. The molecule has 2 aromatic carbocycles. The molecule has 154 valence electrons. The maximum Gasteiger partial charge on any atom is 0.261 e. The molecule has 30 heavy (non-hydrogen) atoms. The van der Waals surface area contributed by atoms with Gasteiger partial charge >= 0.3 is 0 Å². The minimum Gasteiger partial charge on any atom is -0.366 e. The van der Waals surface area contributed by atoms with Crippen molar-refractivity contribution in [3.63, 3.8) is 0 Å². The number of hydrogen-bond acceptors (Lipinski definition) is 4. The molecule has 1 aliphatic heterocycles. The van der Waals surface area contributed by atoms with Crippen molar-refractivity contribution < 1.29 is 19.2 Å². The van der Waals surface area contributed by atoms with Crippen molar-refractivity contribution >= 4 is 23.6 Å². The minimum absolute atomic E-state index is 0.0493. The van der Waals surface area contributed by atoms with Gasteiger partial charge in [-0.3, -0.25) is 24.1 Å². The van der Waals surface area contributed by atoms with Crippen LogP contribution in [0.5, 0.6) is 0 Å². The molecule has 0 radical (unpaired) electrons. The topological polar surface area (TPSA) is 110 Å². The number of fused-ring (bicyclic) bond motifs is 1. The lowest BCUT2D eigenvalue weighted by atomic mass is 9.94. The van der Waals surface area contributed by atoms with E-state index in [0.717, 1.165) is 37.7 Å². The molecule has 1 saturated carbocycles. The van der Waals surface area contributed by atoms with Gasteiger partial charge in [0, 0.05) is 23.7 Å². The van der Waals surface area contributed by atoms with Crippen molar-refractivity contribution in [1.82, 2.24) is 10.2 Å². The van der Waals surface area contributed by atoms with Crippen molar-refractivity contribution in [2.45, 2.75) is 44.7 Å². The quantitative estimate of drug-likeness (QED) is 0.745. The van der Waals surface area contributed by atoms with Crippen LogP contribution in [0, 0.1) is 0 Å². The zero-order valence-electron chi connectivity index (χ0n) is 16.5. The number of amides is 4.